The molecule has 1 amide bonds. The van der Waals surface area contributed by atoms with E-state index in [9.17, 15) is 23.1 Å². The van der Waals surface area contributed by atoms with Crippen LogP contribution in [0.3, 0.4) is 0 Å². The smallest absolute Gasteiger partial charge is 0.362 e. The van der Waals surface area contributed by atoms with Gasteiger partial charge in [-0.05, 0) is 25.0 Å². The van der Waals surface area contributed by atoms with Crippen LogP contribution in [0.25, 0.3) is 0 Å². The Hall–Kier alpha value is -1.96. The average Bonchev–Trinajstić information content (AvgIpc) is 2.83. The third kappa shape index (κ3) is 2.96. The van der Waals surface area contributed by atoms with E-state index in [4.69, 9.17) is 0 Å². The van der Waals surface area contributed by atoms with E-state index in [0.29, 0.717) is 12.8 Å². The molecule has 0 fully saturated rings. The number of pyridine rings is 1. The third-order valence-corrected chi connectivity index (χ3v) is 3.42. The van der Waals surface area contributed by atoms with Gasteiger partial charge in [-0.3, -0.25) is 9.78 Å². The number of halogens is 3. The van der Waals surface area contributed by atoms with Crippen molar-refractivity contribution in [2.24, 2.45) is 5.10 Å². The maximum absolute atomic E-state index is 13.2. The second-order valence-electron chi connectivity index (χ2n) is 5.12. The van der Waals surface area contributed by atoms with Gasteiger partial charge in [0.15, 0.2) is 0 Å². The lowest BCUT2D eigenvalue weighted by atomic mass is 10.0. The van der Waals surface area contributed by atoms with Gasteiger partial charge < -0.3 is 5.11 Å². The van der Waals surface area contributed by atoms with Crippen LogP contribution in [0.2, 0.25) is 0 Å². The minimum Gasteiger partial charge on any atom is -0.362 e. The summed E-state index contributed by atoms with van der Waals surface area (Å²) < 4.78 is 39.7. The summed E-state index contributed by atoms with van der Waals surface area (Å²) in [5.41, 5.74) is -3.20. The van der Waals surface area contributed by atoms with Gasteiger partial charge in [0.2, 0.25) is 0 Å². The Kier molecular flexibility index (Phi) is 4.50. The van der Waals surface area contributed by atoms with Crippen LogP contribution < -0.4 is 0 Å². The predicted molar refractivity (Wildman–Crippen MR) is 73.0 cm³/mol. The molecule has 1 aromatic heterocycles. The molecule has 1 aliphatic rings. The first-order chi connectivity index (χ1) is 10.3. The quantitative estimate of drug-likeness (QED) is 0.929. The number of rotatable bonds is 4. The molecule has 0 aliphatic carbocycles. The first kappa shape index (κ1) is 16.4. The van der Waals surface area contributed by atoms with Crippen molar-refractivity contribution < 1.29 is 23.1 Å². The van der Waals surface area contributed by atoms with E-state index < -0.39 is 24.2 Å². The largest absolute Gasteiger partial charge is 0.438 e. The fourth-order valence-corrected chi connectivity index (χ4v) is 2.18. The maximum Gasteiger partial charge on any atom is 0.438 e. The summed E-state index contributed by atoms with van der Waals surface area (Å²) in [5.74, 6) is -1.03. The van der Waals surface area contributed by atoms with E-state index in [0.717, 1.165) is 12.6 Å². The topological polar surface area (TPSA) is 65.8 Å². The number of nitrogens with zero attached hydrogens (tertiary/aromatic N) is 3. The van der Waals surface area contributed by atoms with Gasteiger partial charge in [0.1, 0.15) is 0 Å². The van der Waals surface area contributed by atoms with Crippen LogP contribution in [0.1, 0.15) is 43.0 Å². The highest BCUT2D eigenvalue weighted by Gasteiger charge is 2.63. The number of carbonyl (C=O) groups excluding carboxylic acids is 1. The number of aliphatic hydroxyl groups is 1. The molecule has 5 nitrogen and oxygen atoms in total. The third-order valence-electron chi connectivity index (χ3n) is 3.42. The van der Waals surface area contributed by atoms with Crippen LogP contribution in [-0.2, 0) is 0 Å². The molecule has 8 heteroatoms. The number of unbranched alkanes of at least 4 members (excludes halogenated alkanes) is 1. The molecular weight excluding hydrogens is 299 g/mol. The van der Waals surface area contributed by atoms with Crippen molar-refractivity contribution in [3.05, 3.63) is 30.1 Å². The highest BCUT2D eigenvalue weighted by Crippen LogP contribution is 2.41. The monoisotopic (exact) mass is 315 g/mol. The molecule has 1 atom stereocenters. The zero-order valence-corrected chi connectivity index (χ0v) is 12.0. The van der Waals surface area contributed by atoms with E-state index >= 15 is 0 Å². The Morgan fingerprint density at radius 3 is 2.77 bits per heavy atom. The molecule has 0 radical (unpaired) electrons. The number of hydrazone groups is 1. The molecule has 2 heterocycles. The Bertz CT molecular complexity index is 574. The minimum absolute atomic E-state index is 0.0642. The summed E-state index contributed by atoms with van der Waals surface area (Å²) in [7, 11) is 0. The van der Waals surface area contributed by atoms with Crippen molar-refractivity contribution >= 4 is 11.6 Å². The lowest BCUT2D eigenvalue weighted by Crippen LogP contribution is -2.56. The van der Waals surface area contributed by atoms with Crippen molar-refractivity contribution in [3.63, 3.8) is 0 Å². The molecule has 22 heavy (non-hydrogen) atoms. The molecule has 0 aromatic carbocycles. The van der Waals surface area contributed by atoms with Crippen molar-refractivity contribution in [1.29, 1.82) is 0 Å². The number of alkyl halides is 3. The zero-order chi connectivity index (χ0) is 16.4. The molecule has 120 valence electrons. The van der Waals surface area contributed by atoms with Gasteiger partial charge in [0.25, 0.3) is 11.6 Å². The standard InChI is InChI=1S/C14H16F3N3O2/c1-2-3-6-11-8-13(22,14(15,16)17)20(19-11)12(21)10-5-4-7-18-9-10/h4-5,7,9,22H,2-3,6,8H2,1H3/t13-/m1/s1. The fraction of sp³-hybridized carbons (Fsp3) is 0.500. The van der Waals surface area contributed by atoms with Gasteiger partial charge >= 0.3 is 6.18 Å². The molecule has 0 spiro atoms. The highest BCUT2D eigenvalue weighted by atomic mass is 19.4. The van der Waals surface area contributed by atoms with E-state index in [1.165, 1.54) is 18.3 Å². The molecule has 1 N–H and O–H groups in total. The molecule has 0 unspecified atom stereocenters. The highest BCUT2D eigenvalue weighted by molar-refractivity contribution is 5.98. The number of hydrogen-bond acceptors (Lipinski definition) is 4. The maximum atomic E-state index is 13.2. The predicted octanol–water partition coefficient (Wildman–Crippen LogP) is 2.72. The van der Waals surface area contributed by atoms with Gasteiger partial charge in [0.05, 0.1) is 5.56 Å². The van der Waals surface area contributed by atoms with Gasteiger partial charge in [-0.1, -0.05) is 13.3 Å². The summed E-state index contributed by atoms with van der Waals surface area (Å²) in [6.07, 6.45) is -1.45. The molecule has 0 bridgehead atoms. The van der Waals surface area contributed by atoms with Crippen molar-refractivity contribution in [1.82, 2.24) is 9.99 Å². The molecule has 0 saturated carbocycles. The van der Waals surface area contributed by atoms with E-state index in [1.54, 1.807) is 0 Å². The molecule has 1 aliphatic heterocycles. The van der Waals surface area contributed by atoms with Crippen LogP contribution in [0.15, 0.2) is 29.6 Å². The number of aromatic nitrogens is 1. The Labute approximate surface area is 125 Å². The first-order valence-electron chi connectivity index (χ1n) is 6.89. The lowest BCUT2D eigenvalue weighted by Gasteiger charge is -2.32. The van der Waals surface area contributed by atoms with Gasteiger partial charge in [-0.2, -0.15) is 23.3 Å². The average molecular weight is 315 g/mol. The number of carbonyl (C=O) groups is 1. The normalized spacial score (nSPS) is 21.9. The number of amides is 1. The van der Waals surface area contributed by atoms with Crippen LogP contribution in [-0.4, -0.2) is 38.6 Å². The van der Waals surface area contributed by atoms with Crippen LogP contribution in [0.5, 0.6) is 0 Å². The summed E-state index contributed by atoms with van der Waals surface area (Å²) in [4.78, 5) is 15.9. The SMILES string of the molecule is CCCCC1=NN(C(=O)c2cccnc2)[C@](O)(C(F)(F)F)C1. The van der Waals surface area contributed by atoms with Crippen molar-refractivity contribution in [2.45, 2.75) is 44.5 Å². The second kappa shape index (κ2) is 6.04. The van der Waals surface area contributed by atoms with Crippen LogP contribution in [0.4, 0.5) is 13.2 Å². The Balaban J connectivity index is 2.34. The van der Waals surface area contributed by atoms with E-state index in [1.807, 2.05) is 6.92 Å². The van der Waals surface area contributed by atoms with E-state index in [2.05, 4.69) is 10.1 Å². The summed E-state index contributed by atoms with van der Waals surface area (Å²) in [6, 6.07) is 2.75. The van der Waals surface area contributed by atoms with Gasteiger partial charge in [-0.25, -0.2) is 0 Å². The summed E-state index contributed by atoms with van der Waals surface area (Å²) in [5, 5.41) is 13.9. The van der Waals surface area contributed by atoms with Gasteiger partial charge in [0, 0.05) is 24.5 Å². The summed E-state index contributed by atoms with van der Waals surface area (Å²) >= 11 is 0. The minimum atomic E-state index is -5.00. The molecule has 2 rings (SSSR count). The molecular formula is C14H16F3N3O2. The molecule has 0 saturated heterocycles. The Morgan fingerprint density at radius 2 is 2.23 bits per heavy atom. The Morgan fingerprint density at radius 1 is 1.50 bits per heavy atom. The van der Waals surface area contributed by atoms with Gasteiger partial charge in [-0.15, -0.1) is 0 Å². The first-order valence-corrected chi connectivity index (χ1v) is 6.89. The van der Waals surface area contributed by atoms with Crippen molar-refractivity contribution in [2.75, 3.05) is 0 Å². The zero-order valence-electron chi connectivity index (χ0n) is 12.0. The number of hydrogen-bond donors (Lipinski definition) is 1. The lowest BCUT2D eigenvalue weighted by molar-refractivity contribution is -0.297. The fourth-order valence-electron chi connectivity index (χ4n) is 2.18. The van der Waals surface area contributed by atoms with Crippen LogP contribution >= 0.6 is 0 Å². The van der Waals surface area contributed by atoms with Crippen molar-refractivity contribution in [3.8, 4) is 0 Å². The molecule has 1 aromatic rings. The second-order valence-corrected chi connectivity index (χ2v) is 5.12. The van der Waals surface area contributed by atoms with E-state index in [-0.39, 0.29) is 16.3 Å². The summed E-state index contributed by atoms with van der Waals surface area (Å²) in [6.45, 7) is 1.89. The van der Waals surface area contributed by atoms with Crippen LogP contribution in [0, 0.1) is 0 Å².